The molecule has 10 nitrogen and oxygen atoms in total. The van der Waals surface area contributed by atoms with Crippen molar-refractivity contribution in [1.29, 1.82) is 0 Å². The number of nitrogens with zero attached hydrogens (tertiary/aromatic N) is 6. The summed E-state index contributed by atoms with van der Waals surface area (Å²) in [5.41, 5.74) is 7.46. The van der Waals surface area contributed by atoms with Gasteiger partial charge >= 0.3 is 6.09 Å². The summed E-state index contributed by atoms with van der Waals surface area (Å²) in [4.78, 5) is 34.0. The number of carbonyl (C=O) groups is 1. The van der Waals surface area contributed by atoms with E-state index in [0.29, 0.717) is 37.7 Å². The summed E-state index contributed by atoms with van der Waals surface area (Å²) < 4.78 is 11.0. The van der Waals surface area contributed by atoms with E-state index in [1.807, 2.05) is 20.8 Å². The molecule has 0 aliphatic carbocycles. The van der Waals surface area contributed by atoms with Crippen molar-refractivity contribution in [1.82, 2.24) is 24.8 Å². The molecule has 0 atom stereocenters. The monoisotopic (exact) mass is 399 g/mol. The molecule has 2 aromatic rings. The van der Waals surface area contributed by atoms with Gasteiger partial charge in [-0.05, 0) is 20.8 Å². The first-order valence-electron chi connectivity index (χ1n) is 9.58. The lowest BCUT2D eigenvalue weighted by atomic mass is 10.2. The van der Waals surface area contributed by atoms with Crippen LogP contribution < -0.4 is 10.6 Å². The topological polar surface area (TPSA) is 120 Å². The first-order valence-corrected chi connectivity index (χ1v) is 9.58. The number of anilines is 2. The molecule has 29 heavy (non-hydrogen) atoms. The van der Waals surface area contributed by atoms with Crippen LogP contribution in [0.5, 0.6) is 0 Å². The Labute approximate surface area is 169 Å². The van der Waals surface area contributed by atoms with Crippen LogP contribution in [0.4, 0.5) is 16.6 Å². The van der Waals surface area contributed by atoms with E-state index in [4.69, 9.17) is 25.2 Å². The van der Waals surface area contributed by atoms with Gasteiger partial charge in [0.05, 0.1) is 37.6 Å². The molecule has 0 unspecified atom stereocenters. The Bertz CT molecular complexity index is 905. The Morgan fingerprint density at radius 3 is 2.48 bits per heavy atom. The van der Waals surface area contributed by atoms with Crippen molar-refractivity contribution >= 4 is 17.9 Å². The number of hydrogen-bond donors (Lipinski definition) is 1. The van der Waals surface area contributed by atoms with Crippen LogP contribution >= 0.6 is 0 Å². The smallest absolute Gasteiger partial charge is 0.410 e. The highest BCUT2D eigenvalue weighted by Gasteiger charge is 2.33. The number of nitrogen functional groups attached to an aromatic ring is 1. The van der Waals surface area contributed by atoms with Gasteiger partial charge in [-0.15, -0.1) is 0 Å². The zero-order valence-electron chi connectivity index (χ0n) is 16.9. The summed E-state index contributed by atoms with van der Waals surface area (Å²) in [6, 6.07) is 0. The molecule has 0 radical (unpaired) electrons. The highest BCUT2D eigenvalue weighted by Crippen LogP contribution is 2.32. The lowest BCUT2D eigenvalue weighted by Crippen LogP contribution is -2.38. The summed E-state index contributed by atoms with van der Waals surface area (Å²) in [6.07, 6.45) is 2.85. The second kappa shape index (κ2) is 7.43. The number of rotatable bonds is 2. The fourth-order valence-corrected chi connectivity index (χ4v) is 3.31. The van der Waals surface area contributed by atoms with E-state index >= 15 is 0 Å². The van der Waals surface area contributed by atoms with Gasteiger partial charge in [-0.2, -0.15) is 0 Å². The van der Waals surface area contributed by atoms with E-state index < -0.39 is 5.60 Å². The predicted molar refractivity (Wildman–Crippen MR) is 106 cm³/mol. The summed E-state index contributed by atoms with van der Waals surface area (Å²) in [6.45, 7) is 9.07. The number of fused-ring (bicyclic) bond motifs is 1. The fourth-order valence-electron chi connectivity index (χ4n) is 3.31. The lowest BCUT2D eigenvalue weighted by Gasteiger charge is -2.29. The van der Waals surface area contributed by atoms with Crippen LogP contribution in [-0.4, -0.2) is 62.8 Å². The minimum absolute atomic E-state index is 0.194. The summed E-state index contributed by atoms with van der Waals surface area (Å²) in [7, 11) is 0. The molecule has 0 saturated carbocycles. The van der Waals surface area contributed by atoms with Crippen molar-refractivity contribution < 1.29 is 14.3 Å². The van der Waals surface area contributed by atoms with Gasteiger partial charge in [-0.1, -0.05) is 0 Å². The maximum Gasteiger partial charge on any atom is 0.410 e. The van der Waals surface area contributed by atoms with Crippen molar-refractivity contribution in [3.8, 4) is 11.4 Å². The zero-order valence-corrected chi connectivity index (χ0v) is 16.9. The van der Waals surface area contributed by atoms with Gasteiger partial charge in [0.25, 0.3) is 0 Å². The molecule has 1 fully saturated rings. The van der Waals surface area contributed by atoms with Gasteiger partial charge in [-0.25, -0.2) is 24.7 Å². The Morgan fingerprint density at radius 2 is 1.83 bits per heavy atom. The minimum atomic E-state index is -0.558. The van der Waals surface area contributed by atoms with Crippen molar-refractivity contribution in [2.75, 3.05) is 36.9 Å². The van der Waals surface area contributed by atoms with Crippen molar-refractivity contribution in [3.05, 3.63) is 23.7 Å². The summed E-state index contributed by atoms with van der Waals surface area (Å²) in [5, 5.41) is 0. The van der Waals surface area contributed by atoms with Crippen molar-refractivity contribution in [3.63, 3.8) is 0 Å². The number of morpholine rings is 1. The highest BCUT2D eigenvalue weighted by atomic mass is 16.6. The maximum atomic E-state index is 12.6. The van der Waals surface area contributed by atoms with Crippen LogP contribution in [0.3, 0.4) is 0 Å². The number of hydrogen-bond acceptors (Lipinski definition) is 9. The molecule has 10 heteroatoms. The molecule has 2 aliphatic rings. The molecular weight excluding hydrogens is 374 g/mol. The van der Waals surface area contributed by atoms with Crippen LogP contribution in [0.25, 0.3) is 11.4 Å². The Hall–Kier alpha value is -3.01. The molecule has 0 bridgehead atoms. The molecule has 4 rings (SSSR count). The van der Waals surface area contributed by atoms with Gasteiger partial charge in [0.15, 0.2) is 5.82 Å². The van der Waals surface area contributed by atoms with E-state index in [-0.39, 0.29) is 12.0 Å². The number of aromatic nitrogens is 4. The molecule has 4 heterocycles. The molecule has 1 saturated heterocycles. The predicted octanol–water partition coefficient (Wildman–Crippen LogP) is 1.60. The Balaban J connectivity index is 1.69. The number of nitrogens with two attached hydrogens (primary N) is 1. The molecular formula is C19H25N7O3. The minimum Gasteiger partial charge on any atom is -0.444 e. The maximum absolute atomic E-state index is 12.6. The average molecular weight is 399 g/mol. The van der Waals surface area contributed by atoms with Gasteiger partial charge in [-0.3, -0.25) is 4.90 Å². The summed E-state index contributed by atoms with van der Waals surface area (Å²) >= 11 is 0. The Morgan fingerprint density at radius 1 is 1.14 bits per heavy atom. The van der Waals surface area contributed by atoms with Crippen molar-refractivity contribution in [2.24, 2.45) is 0 Å². The van der Waals surface area contributed by atoms with E-state index in [9.17, 15) is 4.79 Å². The number of carbonyl (C=O) groups excluding carboxylic acids is 1. The normalized spacial score (nSPS) is 16.7. The molecule has 0 spiro atoms. The zero-order chi connectivity index (χ0) is 20.6. The largest absolute Gasteiger partial charge is 0.444 e. The number of ether oxygens (including phenoxy) is 2. The molecule has 0 aromatic carbocycles. The molecule has 2 aliphatic heterocycles. The van der Waals surface area contributed by atoms with Crippen LogP contribution in [0.1, 0.15) is 32.0 Å². The van der Waals surface area contributed by atoms with E-state index in [1.165, 1.54) is 0 Å². The second-order valence-corrected chi connectivity index (χ2v) is 8.06. The standard InChI is InChI=1S/C19H25N7O3/c1-19(2,3)29-18(27)26-10-13-14(11-26)23-15(12-8-21-17(20)22-9-12)24-16(13)25-4-6-28-7-5-25/h8-9H,4-7,10-11H2,1-3H3,(H2,20,21,22). The third-order valence-corrected chi connectivity index (χ3v) is 4.65. The van der Waals surface area contributed by atoms with Crippen molar-refractivity contribution in [2.45, 2.75) is 39.5 Å². The lowest BCUT2D eigenvalue weighted by molar-refractivity contribution is 0.0240. The van der Waals surface area contributed by atoms with Gasteiger partial charge in [0.2, 0.25) is 5.95 Å². The van der Waals surface area contributed by atoms with Crippen LogP contribution in [0.2, 0.25) is 0 Å². The third kappa shape index (κ3) is 4.21. The average Bonchev–Trinajstić information content (AvgIpc) is 3.12. The molecule has 2 N–H and O–H groups in total. The fraction of sp³-hybridized carbons (Fsp3) is 0.526. The van der Waals surface area contributed by atoms with Gasteiger partial charge in [0, 0.05) is 31.0 Å². The first kappa shape index (κ1) is 19.3. The SMILES string of the molecule is CC(C)(C)OC(=O)N1Cc2nc(-c3cnc(N)nc3)nc(N3CCOCC3)c2C1. The van der Waals surface area contributed by atoms with E-state index in [1.54, 1.807) is 17.3 Å². The summed E-state index contributed by atoms with van der Waals surface area (Å²) in [5.74, 6) is 1.52. The van der Waals surface area contributed by atoms with Crippen LogP contribution in [0.15, 0.2) is 12.4 Å². The van der Waals surface area contributed by atoms with Gasteiger partial charge < -0.3 is 20.1 Å². The van der Waals surface area contributed by atoms with E-state index in [2.05, 4.69) is 14.9 Å². The quantitative estimate of drug-likeness (QED) is 0.803. The van der Waals surface area contributed by atoms with Crippen LogP contribution in [-0.2, 0) is 22.6 Å². The molecule has 1 amide bonds. The number of amides is 1. The highest BCUT2D eigenvalue weighted by molar-refractivity contribution is 5.71. The molecule has 2 aromatic heterocycles. The Kier molecular flexibility index (Phi) is 4.95. The first-order chi connectivity index (χ1) is 13.8. The second-order valence-electron chi connectivity index (χ2n) is 8.06. The van der Waals surface area contributed by atoms with Crippen LogP contribution in [0, 0.1) is 0 Å². The molecule has 154 valence electrons. The van der Waals surface area contributed by atoms with Gasteiger partial charge in [0.1, 0.15) is 11.4 Å². The third-order valence-electron chi connectivity index (χ3n) is 4.65. The van der Waals surface area contributed by atoms with E-state index in [0.717, 1.165) is 30.2 Å².